The van der Waals surface area contributed by atoms with Crippen LogP contribution in [0.1, 0.15) is 5.56 Å². The normalized spacial score (nSPS) is 12.5. The van der Waals surface area contributed by atoms with Crippen LogP contribution in [-0.2, 0) is 14.8 Å². The Kier molecular flexibility index (Phi) is 6.00. The summed E-state index contributed by atoms with van der Waals surface area (Å²) < 4.78 is 43.3. The number of ether oxygens (including phenoxy) is 3. The molecule has 164 valence electrons. The molecule has 0 spiro atoms. The predicted octanol–water partition coefficient (Wildman–Crippen LogP) is 3.88. The summed E-state index contributed by atoms with van der Waals surface area (Å²) in [6.45, 7) is 0.185. The molecule has 3 aromatic carbocycles. The minimum absolute atomic E-state index is 0.0715. The fourth-order valence-corrected chi connectivity index (χ4v) is 4.02. The number of carbonyl (C=O) groups excluding carboxylic acids is 1. The van der Waals surface area contributed by atoms with E-state index in [2.05, 4.69) is 10.0 Å². The van der Waals surface area contributed by atoms with Gasteiger partial charge in [-0.25, -0.2) is 8.42 Å². The lowest BCUT2D eigenvalue weighted by atomic mass is 10.2. The molecule has 0 aliphatic carbocycles. The molecule has 4 rings (SSSR count). The van der Waals surface area contributed by atoms with Crippen molar-refractivity contribution >= 4 is 33.4 Å². The summed E-state index contributed by atoms with van der Waals surface area (Å²) in [4.78, 5) is 12.3. The number of fused-ring (bicyclic) bond motifs is 1. The third kappa shape index (κ3) is 5.01. The van der Waals surface area contributed by atoms with Gasteiger partial charge in [0.25, 0.3) is 10.0 Å². The summed E-state index contributed by atoms with van der Waals surface area (Å²) >= 11 is 0. The summed E-state index contributed by atoms with van der Waals surface area (Å²) in [5.41, 5.74) is 1.67. The largest absolute Gasteiger partial charge is 0.497 e. The smallest absolute Gasteiger partial charge is 0.261 e. The third-order valence-corrected chi connectivity index (χ3v) is 6.00. The topological polar surface area (TPSA) is 103 Å². The molecule has 0 unspecified atom stereocenters. The van der Waals surface area contributed by atoms with E-state index in [1.54, 1.807) is 42.5 Å². The van der Waals surface area contributed by atoms with Gasteiger partial charge in [0.2, 0.25) is 12.7 Å². The molecule has 0 atom stereocenters. The second kappa shape index (κ2) is 9.03. The van der Waals surface area contributed by atoms with E-state index in [0.29, 0.717) is 28.6 Å². The van der Waals surface area contributed by atoms with Crippen LogP contribution in [0, 0.1) is 0 Å². The van der Waals surface area contributed by atoms with Gasteiger partial charge in [-0.3, -0.25) is 9.52 Å². The van der Waals surface area contributed by atoms with E-state index in [4.69, 9.17) is 14.2 Å². The molecule has 0 bridgehead atoms. The Bertz CT molecular complexity index is 1250. The summed E-state index contributed by atoms with van der Waals surface area (Å²) in [5, 5.41) is 2.69. The van der Waals surface area contributed by atoms with E-state index < -0.39 is 10.0 Å². The van der Waals surface area contributed by atoms with Crippen LogP contribution in [0.15, 0.2) is 77.7 Å². The average molecular weight is 452 g/mol. The van der Waals surface area contributed by atoms with Crippen molar-refractivity contribution in [3.63, 3.8) is 0 Å². The van der Waals surface area contributed by atoms with Gasteiger partial charge in [0, 0.05) is 17.5 Å². The van der Waals surface area contributed by atoms with Crippen LogP contribution in [0.2, 0.25) is 0 Å². The van der Waals surface area contributed by atoms with Crippen LogP contribution in [0.3, 0.4) is 0 Å². The van der Waals surface area contributed by atoms with E-state index in [9.17, 15) is 13.2 Å². The molecule has 1 heterocycles. The van der Waals surface area contributed by atoms with Crippen molar-refractivity contribution in [1.29, 1.82) is 0 Å². The van der Waals surface area contributed by atoms with Gasteiger partial charge in [0.15, 0.2) is 11.5 Å². The summed E-state index contributed by atoms with van der Waals surface area (Å²) in [5.74, 6) is 1.57. The predicted molar refractivity (Wildman–Crippen MR) is 120 cm³/mol. The van der Waals surface area contributed by atoms with Gasteiger partial charge in [0.05, 0.1) is 12.0 Å². The van der Waals surface area contributed by atoms with Crippen LogP contribution in [0.4, 0.5) is 11.4 Å². The highest BCUT2D eigenvalue weighted by Gasteiger charge is 2.15. The van der Waals surface area contributed by atoms with Crippen molar-refractivity contribution in [2.45, 2.75) is 4.90 Å². The Balaban J connectivity index is 1.37. The highest BCUT2D eigenvalue weighted by atomic mass is 32.2. The number of sulfonamides is 1. The standard InChI is InChI=1S/C23H20N2O6S/c1-29-19-8-4-18(5-9-19)25-32(27,28)20-10-6-17(7-11-20)24-23(26)13-3-16-2-12-21-22(14-16)31-15-30-21/h2-14,25H,15H2,1H3,(H,24,26)/b13-3+. The lowest BCUT2D eigenvalue weighted by Crippen LogP contribution is -2.13. The van der Waals surface area contributed by atoms with Crippen molar-refractivity contribution in [3.05, 3.63) is 78.4 Å². The molecule has 1 aliphatic rings. The monoisotopic (exact) mass is 452 g/mol. The zero-order valence-corrected chi connectivity index (χ0v) is 17.9. The van der Waals surface area contributed by atoms with Crippen molar-refractivity contribution in [2.24, 2.45) is 0 Å². The molecule has 1 amide bonds. The Morgan fingerprint density at radius 1 is 0.938 bits per heavy atom. The molecule has 0 aromatic heterocycles. The van der Waals surface area contributed by atoms with Crippen LogP contribution in [-0.4, -0.2) is 28.2 Å². The van der Waals surface area contributed by atoms with Crippen molar-refractivity contribution in [1.82, 2.24) is 0 Å². The quantitative estimate of drug-likeness (QED) is 0.528. The molecule has 2 N–H and O–H groups in total. The lowest BCUT2D eigenvalue weighted by Gasteiger charge is -2.09. The van der Waals surface area contributed by atoms with Crippen molar-refractivity contribution in [3.8, 4) is 17.2 Å². The molecular weight excluding hydrogens is 432 g/mol. The molecule has 32 heavy (non-hydrogen) atoms. The number of rotatable bonds is 7. The van der Waals surface area contributed by atoms with Crippen LogP contribution in [0.25, 0.3) is 6.08 Å². The molecular formula is C23H20N2O6S. The van der Waals surface area contributed by atoms with Gasteiger partial charge in [-0.2, -0.15) is 0 Å². The second-order valence-corrected chi connectivity index (χ2v) is 8.48. The SMILES string of the molecule is COc1ccc(NS(=O)(=O)c2ccc(NC(=O)/C=C/c3ccc4c(c3)OCO4)cc2)cc1. The minimum Gasteiger partial charge on any atom is -0.497 e. The Hall–Kier alpha value is -3.98. The first kappa shape index (κ1) is 21.3. The number of nitrogens with one attached hydrogen (secondary N) is 2. The first-order valence-electron chi connectivity index (χ1n) is 9.59. The van der Waals surface area contributed by atoms with E-state index in [1.807, 2.05) is 6.07 Å². The molecule has 9 heteroatoms. The molecule has 0 radical (unpaired) electrons. The van der Waals surface area contributed by atoms with Gasteiger partial charge in [-0.15, -0.1) is 0 Å². The fourth-order valence-electron chi connectivity index (χ4n) is 2.96. The van der Waals surface area contributed by atoms with Crippen molar-refractivity contribution in [2.75, 3.05) is 23.9 Å². The highest BCUT2D eigenvalue weighted by Crippen LogP contribution is 2.32. The Labute approximate surface area is 185 Å². The number of hydrogen-bond donors (Lipinski definition) is 2. The van der Waals surface area contributed by atoms with Gasteiger partial charge < -0.3 is 19.5 Å². The average Bonchev–Trinajstić information content (AvgIpc) is 3.26. The fraction of sp³-hybridized carbons (Fsp3) is 0.0870. The minimum atomic E-state index is -3.77. The first-order chi connectivity index (χ1) is 15.4. The van der Waals surface area contributed by atoms with Crippen LogP contribution < -0.4 is 24.2 Å². The molecule has 0 fully saturated rings. The summed E-state index contributed by atoms with van der Waals surface area (Å²) in [6, 6.07) is 17.8. The zero-order valence-electron chi connectivity index (χ0n) is 17.1. The number of carbonyl (C=O) groups is 1. The Morgan fingerprint density at radius 2 is 1.62 bits per heavy atom. The maximum atomic E-state index is 12.6. The van der Waals surface area contributed by atoms with Crippen LogP contribution in [0.5, 0.6) is 17.2 Å². The van der Waals surface area contributed by atoms with E-state index in [-0.39, 0.29) is 17.6 Å². The molecule has 3 aromatic rings. The van der Waals surface area contributed by atoms with E-state index in [1.165, 1.54) is 37.5 Å². The number of amides is 1. The van der Waals surface area contributed by atoms with E-state index >= 15 is 0 Å². The second-order valence-electron chi connectivity index (χ2n) is 6.79. The number of anilines is 2. The van der Waals surface area contributed by atoms with Gasteiger partial charge in [0.1, 0.15) is 5.75 Å². The number of methoxy groups -OCH3 is 1. The lowest BCUT2D eigenvalue weighted by molar-refractivity contribution is -0.111. The summed E-state index contributed by atoms with van der Waals surface area (Å²) in [6.07, 6.45) is 3.03. The third-order valence-electron chi connectivity index (χ3n) is 4.60. The van der Waals surface area contributed by atoms with Gasteiger partial charge in [-0.05, 0) is 72.3 Å². The summed E-state index contributed by atoms with van der Waals surface area (Å²) in [7, 11) is -2.23. The van der Waals surface area contributed by atoms with Crippen LogP contribution >= 0.6 is 0 Å². The number of benzene rings is 3. The van der Waals surface area contributed by atoms with E-state index in [0.717, 1.165) is 5.56 Å². The molecule has 8 nitrogen and oxygen atoms in total. The maximum Gasteiger partial charge on any atom is 0.261 e. The van der Waals surface area contributed by atoms with Crippen molar-refractivity contribution < 1.29 is 27.4 Å². The highest BCUT2D eigenvalue weighted by molar-refractivity contribution is 7.92. The molecule has 0 saturated heterocycles. The van der Waals surface area contributed by atoms with Gasteiger partial charge in [-0.1, -0.05) is 6.07 Å². The first-order valence-corrected chi connectivity index (χ1v) is 11.1. The van der Waals surface area contributed by atoms with Gasteiger partial charge >= 0.3 is 0 Å². The maximum absolute atomic E-state index is 12.6. The zero-order chi connectivity index (χ0) is 22.6. The Morgan fingerprint density at radius 3 is 2.34 bits per heavy atom. The molecule has 1 aliphatic heterocycles. The molecule has 0 saturated carbocycles. The number of hydrogen-bond acceptors (Lipinski definition) is 6.